The summed E-state index contributed by atoms with van der Waals surface area (Å²) < 4.78 is 17.6. The molecule has 0 unspecified atom stereocenters. The average molecular weight is 638 g/mol. The van der Waals surface area contributed by atoms with Gasteiger partial charge < -0.3 is 34.6 Å². The first kappa shape index (κ1) is 32.4. The summed E-state index contributed by atoms with van der Waals surface area (Å²) in [6.45, 7) is 4.90. The Morgan fingerprint density at radius 2 is 1.80 bits per heavy atom. The molecule has 4 saturated carbocycles. The maximum atomic E-state index is 12.7. The monoisotopic (exact) mass is 637 g/mol. The minimum absolute atomic E-state index is 0.00681. The van der Waals surface area contributed by atoms with Crippen molar-refractivity contribution in [2.24, 2.45) is 33.6 Å². The lowest BCUT2D eigenvalue weighted by molar-refractivity contribution is -0.282. The van der Waals surface area contributed by atoms with Gasteiger partial charge in [-0.25, -0.2) is 4.79 Å². The predicted octanol–water partition coefficient (Wildman–Crippen LogP) is 3.89. The van der Waals surface area contributed by atoms with Crippen LogP contribution in [0.1, 0.15) is 83.6 Å². The van der Waals surface area contributed by atoms with Crippen LogP contribution < -0.4 is 0 Å². The zero-order valence-corrected chi connectivity index (χ0v) is 27.2. The molecule has 46 heavy (non-hydrogen) atoms. The largest absolute Gasteiger partial charge is 0.458 e. The minimum atomic E-state index is -1.07. The molecule has 9 nitrogen and oxygen atoms in total. The summed E-state index contributed by atoms with van der Waals surface area (Å²) >= 11 is 0. The van der Waals surface area contributed by atoms with Crippen LogP contribution in [0.5, 0.6) is 0 Å². The van der Waals surface area contributed by atoms with Crippen molar-refractivity contribution in [1.29, 1.82) is 0 Å². The Balaban J connectivity index is 1.16. The molecule has 9 heteroatoms. The lowest BCUT2D eigenvalue weighted by Crippen LogP contribution is -2.69. The zero-order chi connectivity index (χ0) is 32.3. The highest BCUT2D eigenvalue weighted by atomic mass is 16.7. The average Bonchev–Trinajstić information content (AvgIpc) is 3.58. The number of hydrogen-bond donors (Lipinski definition) is 4. The summed E-state index contributed by atoms with van der Waals surface area (Å²) in [5, 5.41) is 46.0. The number of rotatable bonds is 7. The highest BCUT2D eigenvalue weighted by molar-refractivity contribution is 5.85. The van der Waals surface area contributed by atoms with Gasteiger partial charge in [0.15, 0.2) is 6.29 Å². The Kier molecular flexibility index (Phi) is 8.51. The third kappa shape index (κ3) is 5.21. The number of aliphatic hydroxyl groups excluding tert-OH is 2. The van der Waals surface area contributed by atoms with Crippen molar-refractivity contribution < 1.29 is 39.4 Å². The third-order valence-electron chi connectivity index (χ3n) is 13.3. The molecule has 0 aromatic heterocycles. The van der Waals surface area contributed by atoms with E-state index < -0.39 is 41.2 Å². The van der Waals surface area contributed by atoms with E-state index in [1.807, 2.05) is 18.2 Å². The number of benzene rings is 1. The number of fused-ring (bicyclic) bond motifs is 5. The number of carbonyl (C=O) groups excluding carboxylic acids is 1. The van der Waals surface area contributed by atoms with Gasteiger partial charge in [-0.05, 0) is 93.6 Å². The summed E-state index contributed by atoms with van der Waals surface area (Å²) in [4.78, 5) is 17.0. The van der Waals surface area contributed by atoms with Crippen LogP contribution >= 0.6 is 0 Å². The molecule has 5 fully saturated rings. The lowest BCUT2D eigenvalue weighted by atomic mass is 9.41. The second-order valence-corrected chi connectivity index (χ2v) is 15.5. The highest BCUT2D eigenvalue weighted by Crippen LogP contribution is 2.70. The van der Waals surface area contributed by atoms with E-state index in [2.05, 4.69) is 25.3 Å². The van der Waals surface area contributed by atoms with Gasteiger partial charge >= 0.3 is 5.97 Å². The summed E-state index contributed by atoms with van der Waals surface area (Å²) in [6, 6.07) is 10.3. The molecule has 1 aromatic rings. The second kappa shape index (κ2) is 12.1. The fraction of sp³-hybridized carbons (Fsp3) is 0.730. The fourth-order valence-corrected chi connectivity index (χ4v) is 10.9. The molecular weight excluding hydrogens is 586 g/mol. The number of cyclic esters (lactones) is 1. The van der Waals surface area contributed by atoms with Crippen molar-refractivity contribution >= 4 is 12.2 Å². The first-order valence-electron chi connectivity index (χ1n) is 17.5. The predicted molar refractivity (Wildman–Crippen MR) is 171 cm³/mol. The van der Waals surface area contributed by atoms with Crippen molar-refractivity contribution in [3.63, 3.8) is 0 Å². The Morgan fingerprint density at radius 3 is 2.54 bits per heavy atom. The number of esters is 1. The molecule has 6 aliphatic rings. The maximum Gasteiger partial charge on any atom is 0.331 e. The van der Waals surface area contributed by atoms with Gasteiger partial charge in [0.25, 0.3) is 0 Å². The van der Waals surface area contributed by atoms with Gasteiger partial charge in [-0.2, -0.15) is 0 Å². The first-order chi connectivity index (χ1) is 22.0. The Labute approximate surface area is 272 Å². The van der Waals surface area contributed by atoms with E-state index >= 15 is 0 Å². The first-order valence-corrected chi connectivity index (χ1v) is 17.5. The molecule has 4 N–H and O–H groups in total. The Bertz CT molecular complexity index is 1340. The molecule has 4 aliphatic carbocycles. The molecule has 0 radical (unpaired) electrons. The van der Waals surface area contributed by atoms with E-state index in [0.29, 0.717) is 51.7 Å². The molecule has 252 valence electrons. The summed E-state index contributed by atoms with van der Waals surface area (Å²) in [5.74, 6) is -0.110. The van der Waals surface area contributed by atoms with Crippen molar-refractivity contribution in [3.8, 4) is 0 Å². The Morgan fingerprint density at radius 1 is 1.02 bits per heavy atom. The molecule has 12 atom stereocenters. The van der Waals surface area contributed by atoms with Gasteiger partial charge in [-0.3, -0.25) is 4.99 Å². The molecule has 0 spiro atoms. The summed E-state index contributed by atoms with van der Waals surface area (Å²) in [7, 11) is 0. The van der Waals surface area contributed by atoms with E-state index in [1.54, 1.807) is 13.0 Å². The third-order valence-corrected chi connectivity index (χ3v) is 13.3. The topological polar surface area (TPSA) is 138 Å². The van der Waals surface area contributed by atoms with Gasteiger partial charge in [0.05, 0.1) is 29.5 Å². The van der Waals surface area contributed by atoms with Crippen molar-refractivity contribution in [2.45, 2.75) is 126 Å². The van der Waals surface area contributed by atoms with Gasteiger partial charge in [-0.15, -0.1) is 0 Å². The number of carbonyl (C=O) groups is 1. The fourth-order valence-electron chi connectivity index (χ4n) is 10.9. The SMILES string of the molecule is C[C@H]1O[C@@H](O[C@@H]2CC[C@]3(C=NCCc4ccccc4)[C@H]4CC[C@]5(C)[C@@H](C6=CC(=O)OC6)CC[C@@]5(O)[C@@H]4CC[C@]3(O)C2)C[C@@H](O)[C@@H]1O. The van der Waals surface area contributed by atoms with Crippen LogP contribution in [0.4, 0.5) is 0 Å². The summed E-state index contributed by atoms with van der Waals surface area (Å²) in [5.41, 5.74) is -0.707. The lowest BCUT2D eigenvalue weighted by Gasteiger charge is -2.66. The Hall–Kier alpha value is -2.14. The van der Waals surface area contributed by atoms with Crippen LogP contribution in [0.2, 0.25) is 0 Å². The van der Waals surface area contributed by atoms with Crippen LogP contribution in [0.25, 0.3) is 0 Å². The van der Waals surface area contributed by atoms with E-state index in [1.165, 1.54) is 5.56 Å². The molecule has 0 amide bonds. The number of nitrogens with zero attached hydrogens (tertiary/aromatic N) is 1. The maximum absolute atomic E-state index is 12.7. The molecular formula is C37H51NO8. The van der Waals surface area contributed by atoms with Crippen LogP contribution in [0, 0.1) is 28.6 Å². The standard InChI is InChI=1S/C37H51NO8/c1-23-33(41)30(39)19-32(45-23)46-26-8-14-35(22-38-17-12-24-6-4-3-5-7-24)28-9-13-34(2)27(25-18-31(40)44-21-25)11-16-37(34,43)29(28)10-15-36(35,42)20-26/h3-7,18,22-23,26-30,32-33,39,41-43H,8-17,19-21H2,1-2H3/t23-,26-,27-,28+,29-,30-,32+,33-,34-,35+,36+,37-/m1/s1. The quantitative estimate of drug-likeness (QED) is 0.201. The molecule has 2 heterocycles. The number of aliphatic imine (C=N–C) groups is 1. The van der Waals surface area contributed by atoms with Crippen molar-refractivity contribution in [2.75, 3.05) is 13.2 Å². The van der Waals surface area contributed by atoms with Gasteiger partial charge in [0.2, 0.25) is 0 Å². The van der Waals surface area contributed by atoms with Gasteiger partial charge in [0.1, 0.15) is 12.7 Å². The van der Waals surface area contributed by atoms with Crippen LogP contribution in [0.3, 0.4) is 0 Å². The van der Waals surface area contributed by atoms with E-state index in [9.17, 15) is 25.2 Å². The molecule has 7 rings (SSSR count). The number of ether oxygens (including phenoxy) is 3. The summed E-state index contributed by atoms with van der Waals surface area (Å²) in [6.07, 6.45) is 7.68. The zero-order valence-electron chi connectivity index (χ0n) is 27.2. The molecule has 1 saturated heterocycles. The number of hydrogen-bond acceptors (Lipinski definition) is 9. The normalized spacial score (nSPS) is 47.2. The molecule has 0 bridgehead atoms. The van der Waals surface area contributed by atoms with E-state index in [-0.39, 0.29) is 41.7 Å². The minimum Gasteiger partial charge on any atom is -0.458 e. The van der Waals surface area contributed by atoms with Crippen LogP contribution in [-0.4, -0.2) is 87.7 Å². The van der Waals surface area contributed by atoms with Crippen molar-refractivity contribution in [3.05, 3.63) is 47.5 Å². The smallest absolute Gasteiger partial charge is 0.331 e. The second-order valence-electron chi connectivity index (χ2n) is 15.5. The number of aliphatic hydroxyl groups is 4. The van der Waals surface area contributed by atoms with Gasteiger partial charge in [-0.1, -0.05) is 37.3 Å². The van der Waals surface area contributed by atoms with E-state index in [0.717, 1.165) is 31.3 Å². The molecule has 2 aliphatic heterocycles. The van der Waals surface area contributed by atoms with Gasteiger partial charge in [0, 0.05) is 42.5 Å². The van der Waals surface area contributed by atoms with Crippen LogP contribution in [0.15, 0.2) is 47.0 Å². The van der Waals surface area contributed by atoms with E-state index in [4.69, 9.17) is 19.2 Å². The molecule has 1 aromatic carbocycles. The van der Waals surface area contributed by atoms with Crippen molar-refractivity contribution in [1.82, 2.24) is 0 Å². The highest BCUT2D eigenvalue weighted by Gasteiger charge is 2.71. The van der Waals surface area contributed by atoms with Crippen LogP contribution in [-0.2, 0) is 25.4 Å².